The minimum absolute atomic E-state index is 0.645. The first-order chi connectivity index (χ1) is 8.51. The van der Waals surface area contributed by atoms with Crippen LogP contribution in [0.1, 0.15) is 23.1 Å². The minimum atomic E-state index is 0.645. The molecule has 0 aliphatic rings. The molecule has 18 heavy (non-hydrogen) atoms. The Morgan fingerprint density at radius 1 is 1.22 bits per heavy atom. The van der Waals surface area contributed by atoms with E-state index in [-0.39, 0.29) is 0 Å². The molecule has 96 valence electrons. The first kappa shape index (κ1) is 14.5. The number of thiazole rings is 1. The highest BCUT2D eigenvalue weighted by molar-refractivity contribution is 9.11. The second-order valence-corrected chi connectivity index (χ2v) is 7.54. The molecule has 0 amide bonds. The van der Waals surface area contributed by atoms with E-state index >= 15 is 0 Å². The predicted octanol–water partition coefficient (Wildman–Crippen LogP) is 5.17. The maximum absolute atomic E-state index is 5.79. The number of hydrogen-bond acceptors (Lipinski definition) is 3. The molecule has 1 aromatic heterocycles. The lowest BCUT2D eigenvalue weighted by Gasteiger charge is -2.08. The molecule has 0 unspecified atom stereocenters. The Morgan fingerprint density at radius 3 is 2.39 bits per heavy atom. The summed E-state index contributed by atoms with van der Waals surface area (Å²) in [4.78, 5) is 5.59. The monoisotopic (exact) mass is 452 g/mol. The summed E-state index contributed by atoms with van der Waals surface area (Å²) in [7, 11) is 0. The standard InChI is InChI=1S/C12H11Br3N2S/c1-2-10-11(18-12(16)17-10)5-7-8(14)3-6(13)4-9(7)15/h3-4H,2,5H2,1H3,(H2,16,17). The molecule has 0 saturated carbocycles. The number of benzene rings is 1. The van der Waals surface area contributed by atoms with Crippen molar-refractivity contribution in [1.82, 2.24) is 4.98 Å². The van der Waals surface area contributed by atoms with E-state index in [1.54, 1.807) is 11.3 Å². The van der Waals surface area contributed by atoms with Crippen molar-refractivity contribution in [3.8, 4) is 0 Å². The molecule has 0 bridgehead atoms. The first-order valence-electron chi connectivity index (χ1n) is 5.38. The van der Waals surface area contributed by atoms with Crippen LogP contribution in [0.2, 0.25) is 0 Å². The van der Waals surface area contributed by atoms with Crippen LogP contribution in [-0.4, -0.2) is 4.98 Å². The van der Waals surface area contributed by atoms with Gasteiger partial charge in [-0.1, -0.05) is 54.7 Å². The number of nitrogens with two attached hydrogens (primary N) is 1. The van der Waals surface area contributed by atoms with E-state index in [0.29, 0.717) is 5.13 Å². The van der Waals surface area contributed by atoms with E-state index < -0.39 is 0 Å². The van der Waals surface area contributed by atoms with Gasteiger partial charge in [0.25, 0.3) is 0 Å². The zero-order valence-electron chi connectivity index (χ0n) is 9.64. The normalized spacial score (nSPS) is 10.9. The van der Waals surface area contributed by atoms with Gasteiger partial charge in [0, 0.05) is 24.7 Å². The average Bonchev–Trinajstić information content (AvgIpc) is 2.64. The minimum Gasteiger partial charge on any atom is -0.375 e. The van der Waals surface area contributed by atoms with Crippen LogP contribution in [0.3, 0.4) is 0 Å². The van der Waals surface area contributed by atoms with Gasteiger partial charge in [-0.3, -0.25) is 0 Å². The second-order valence-electron chi connectivity index (χ2n) is 3.80. The molecule has 0 saturated heterocycles. The van der Waals surface area contributed by atoms with Gasteiger partial charge in [-0.05, 0) is 24.1 Å². The fourth-order valence-corrected chi connectivity index (χ4v) is 5.19. The van der Waals surface area contributed by atoms with Crippen LogP contribution in [0.5, 0.6) is 0 Å². The second kappa shape index (κ2) is 6.03. The van der Waals surface area contributed by atoms with Crippen LogP contribution >= 0.6 is 59.1 Å². The molecular weight excluding hydrogens is 444 g/mol. The Bertz CT molecular complexity index is 558. The zero-order chi connectivity index (χ0) is 13.3. The van der Waals surface area contributed by atoms with Crippen LogP contribution in [-0.2, 0) is 12.8 Å². The lowest BCUT2D eigenvalue weighted by atomic mass is 10.1. The van der Waals surface area contributed by atoms with Crippen molar-refractivity contribution in [3.63, 3.8) is 0 Å². The summed E-state index contributed by atoms with van der Waals surface area (Å²) < 4.78 is 3.21. The van der Waals surface area contributed by atoms with Crippen molar-refractivity contribution in [2.75, 3.05) is 5.73 Å². The van der Waals surface area contributed by atoms with Crippen molar-refractivity contribution in [2.24, 2.45) is 0 Å². The smallest absolute Gasteiger partial charge is 0.180 e. The zero-order valence-corrected chi connectivity index (χ0v) is 15.2. The lowest BCUT2D eigenvalue weighted by Crippen LogP contribution is -1.94. The van der Waals surface area contributed by atoms with E-state index in [0.717, 1.165) is 32.0 Å². The molecule has 2 nitrogen and oxygen atoms in total. The van der Waals surface area contributed by atoms with E-state index in [9.17, 15) is 0 Å². The number of nitrogens with zero attached hydrogens (tertiary/aromatic N) is 1. The van der Waals surface area contributed by atoms with E-state index in [4.69, 9.17) is 5.73 Å². The van der Waals surface area contributed by atoms with Gasteiger partial charge in [0.15, 0.2) is 5.13 Å². The molecule has 2 rings (SSSR count). The molecule has 1 heterocycles. The highest BCUT2D eigenvalue weighted by Crippen LogP contribution is 2.34. The van der Waals surface area contributed by atoms with Crippen molar-refractivity contribution < 1.29 is 0 Å². The number of nitrogen functional groups attached to an aromatic ring is 1. The fourth-order valence-electron chi connectivity index (χ4n) is 1.72. The molecule has 0 atom stereocenters. The van der Waals surface area contributed by atoms with Crippen molar-refractivity contribution in [2.45, 2.75) is 19.8 Å². The summed E-state index contributed by atoms with van der Waals surface area (Å²) in [5.74, 6) is 0. The summed E-state index contributed by atoms with van der Waals surface area (Å²) in [5, 5.41) is 0.645. The van der Waals surface area contributed by atoms with Crippen LogP contribution in [0.25, 0.3) is 0 Å². The Kier molecular flexibility index (Phi) is 4.86. The van der Waals surface area contributed by atoms with Crippen LogP contribution in [0, 0.1) is 0 Å². The Hall–Kier alpha value is 0.0900. The van der Waals surface area contributed by atoms with Gasteiger partial charge in [-0.25, -0.2) is 4.98 Å². The molecule has 2 N–H and O–H groups in total. The maximum atomic E-state index is 5.79. The van der Waals surface area contributed by atoms with E-state index in [1.807, 2.05) is 0 Å². The quantitative estimate of drug-likeness (QED) is 0.695. The van der Waals surface area contributed by atoms with Gasteiger partial charge < -0.3 is 5.73 Å². The Labute approximate surface area is 135 Å². The molecule has 0 radical (unpaired) electrons. The molecular formula is C12H11Br3N2S. The summed E-state index contributed by atoms with van der Waals surface area (Å²) >= 11 is 12.2. The van der Waals surface area contributed by atoms with Crippen molar-refractivity contribution in [3.05, 3.63) is 41.7 Å². The van der Waals surface area contributed by atoms with Crippen LogP contribution in [0.4, 0.5) is 5.13 Å². The van der Waals surface area contributed by atoms with Gasteiger partial charge in [-0.2, -0.15) is 0 Å². The summed E-state index contributed by atoms with van der Waals surface area (Å²) in [6.45, 7) is 2.10. The van der Waals surface area contributed by atoms with Gasteiger partial charge in [0.2, 0.25) is 0 Å². The summed E-state index contributed by atoms with van der Waals surface area (Å²) in [6.07, 6.45) is 1.75. The molecule has 0 fully saturated rings. The molecule has 6 heteroatoms. The highest BCUT2D eigenvalue weighted by atomic mass is 79.9. The van der Waals surface area contributed by atoms with Crippen molar-refractivity contribution >= 4 is 64.3 Å². The molecule has 1 aromatic carbocycles. The number of halogens is 3. The number of aromatic nitrogens is 1. The molecule has 0 aliphatic heterocycles. The lowest BCUT2D eigenvalue weighted by molar-refractivity contribution is 1.02. The molecule has 0 spiro atoms. The summed E-state index contributed by atoms with van der Waals surface area (Å²) in [6, 6.07) is 4.10. The average molecular weight is 455 g/mol. The molecule has 0 aliphatic carbocycles. The Balaban J connectivity index is 2.39. The van der Waals surface area contributed by atoms with Crippen LogP contribution in [0.15, 0.2) is 25.6 Å². The number of rotatable bonds is 3. The third-order valence-corrected chi connectivity index (χ3v) is 5.37. The SMILES string of the molecule is CCc1nc(N)sc1Cc1c(Br)cc(Br)cc1Br. The Morgan fingerprint density at radius 2 is 1.83 bits per heavy atom. The predicted molar refractivity (Wildman–Crippen MR) is 88.3 cm³/mol. The summed E-state index contributed by atoms with van der Waals surface area (Å²) in [5.41, 5.74) is 8.10. The number of hydrogen-bond donors (Lipinski definition) is 1. The topological polar surface area (TPSA) is 38.9 Å². The van der Waals surface area contributed by atoms with Gasteiger partial charge >= 0.3 is 0 Å². The number of anilines is 1. The largest absolute Gasteiger partial charge is 0.375 e. The first-order valence-corrected chi connectivity index (χ1v) is 8.58. The molecule has 2 aromatic rings. The third-order valence-electron chi connectivity index (χ3n) is 2.57. The van der Waals surface area contributed by atoms with E-state index in [1.165, 1.54) is 10.4 Å². The van der Waals surface area contributed by atoms with Crippen molar-refractivity contribution in [1.29, 1.82) is 0 Å². The fraction of sp³-hybridized carbons (Fsp3) is 0.250. The highest BCUT2D eigenvalue weighted by Gasteiger charge is 2.13. The van der Waals surface area contributed by atoms with Crippen LogP contribution < -0.4 is 5.73 Å². The number of aryl methyl sites for hydroxylation is 1. The maximum Gasteiger partial charge on any atom is 0.180 e. The third kappa shape index (κ3) is 3.15. The van der Waals surface area contributed by atoms with Gasteiger partial charge in [0.1, 0.15) is 0 Å². The van der Waals surface area contributed by atoms with Gasteiger partial charge in [-0.15, -0.1) is 11.3 Å². The van der Waals surface area contributed by atoms with E-state index in [2.05, 4.69) is 71.8 Å². The van der Waals surface area contributed by atoms with Gasteiger partial charge in [0.05, 0.1) is 5.69 Å².